The Morgan fingerprint density at radius 2 is 2.00 bits per heavy atom. The van der Waals surface area contributed by atoms with Crippen molar-refractivity contribution in [2.45, 2.75) is 37.5 Å². The van der Waals surface area contributed by atoms with Crippen LogP contribution < -0.4 is 0 Å². The Hall–Kier alpha value is -0.770. The molecular weight excluding hydrogens is 196 g/mol. The normalized spacial score (nSPS) is 11.8. The lowest BCUT2D eigenvalue weighted by Crippen LogP contribution is -2.09. The number of hydrogen-bond acceptors (Lipinski definition) is 3. The van der Waals surface area contributed by atoms with Gasteiger partial charge in [0.25, 0.3) is 0 Å². The molecule has 1 aromatic heterocycles. The van der Waals surface area contributed by atoms with Crippen LogP contribution in [-0.4, -0.2) is 20.8 Å². The van der Waals surface area contributed by atoms with Crippen LogP contribution >= 0.6 is 11.8 Å². The molecule has 0 fully saturated rings. The van der Waals surface area contributed by atoms with Crippen LogP contribution in [0.3, 0.4) is 0 Å². The minimum Gasteiger partial charge on any atom is -0.298 e. The molecule has 0 unspecified atom stereocenters. The number of aryl methyl sites for hydroxylation is 2. The van der Waals surface area contributed by atoms with Crippen LogP contribution in [0.1, 0.15) is 36.8 Å². The van der Waals surface area contributed by atoms with Gasteiger partial charge < -0.3 is 0 Å². The van der Waals surface area contributed by atoms with Gasteiger partial charge in [-0.25, -0.2) is 0 Å². The maximum Gasteiger partial charge on any atom is 0.154 e. The summed E-state index contributed by atoms with van der Waals surface area (Å²) in [5.74, 6) is 0. The van der Waals surface area contributed by atoms with Crippen LogP contribution in [0.25, 0.3) is 0 Å². The largest absolute Gasteiger partial charge is 0.298 e. The number of hydrogen-bond donors (Lipinski definition) is 0. The van der Waals surface area contributed by atoms with Crippen molar-refractivity contribution in [2.24, 2.45) is 7.05 Å². The average Bonchev–Trinajstić information content (AvgIpc) is 2.24. The number of nitrogens with zero attached hydrogens (tertiary/aromatic N) is 2. The Balaban J connectivity index is 3.13. The number of aromatic nitrogens is 2. The minimum absolute atomic E-state index is 0.0952. The highest BCUT2D eigenvalue weighted by Gasteiger charge is 2.19. The molecule has 78 valence electrons. The second-order valence-corrected chi connectivity index (χ2v) is 6.08. The fraction of sp³-hybridized carbons (Fsp3) is 0.600. The van der Waals surface area contributed by atoms with Crippen molar-refractivity contribution in [2.75, 3.05) is 0 Å². The molecule has 4 heteroatoms. The molecule has 0 amide bonds. The molecule has 0 saturated heterocycles. The van der Waals surface area contributed by atoms with E-state index in [2.05, 4.69) is 25.9 Å². The van der Waals surface area contributed by atoms with Gasteiger partial charge in [-0.3, -0.25) is 9.48 Å². The van der Waals surface area contributed by atoms with Gasteiger partial charge in [0, 0.05) is 11.8 Å². The van der Waals surface area contributed by atoms with Crippen LogP contribution in [0.4, 0.5) is 0 Å². The van der Waals surface area contributed by atoms with Crippen molar-refractivity contribution < 1.29 is 4.79 Å². The van der Waals surface area contributed by atoms with Crippen molar-refractivity contribution in [3.05, 3.63) is 11.3 Å². The third-order valence-electron chi connectivity index (χ3n) is 1.73. The number of carbonyl (C=O) groups excluding carboxylic acids is 1. The van der Waals surface area contributed by atoms with Crippen LogP contribution in [0.2, 0.25) is 0 Å². The second kappa shape index (κ2) is 3.77. The van der Waals surface area contributed by atoms with E-state index in [-0.39, 0.29) is 4.75 Å². The molecule has 1 aromatic rings. The highest BCUT2D eigenvalue weighted by molar-refractivity contribution is 8.00. The van der Waals surface area contributed by atoms with Gasteiger partial charge in [0.05, 0.1) is 11.3 Å². The Morgan fingerprint density at radius 3 is 2.43 bits per heavy atom. The molecule has 0 aliphatic rings. The molecule has 0 atom stereocenters. The Morgan fingerprint density at radius 1 is 1.43 bits per heavy atom. The molecule has 14 heavy (non-hydrogen) atoms. The molecule has 0 aromatic carbocycles. The fourth-order valence-electron chi connectivity index (χ4n) is 1.20. The number of aldehydes is 1. The predicted octanol–water partition coefficient (Wildman–Crippen LogP) is 2.43. The third-order valence-corrected chi connectivity index (χ3v) is 3.02. The molecule has 3 nitrogen and oxygen atoms in total. The first kappa shape index (κ1) is 11.3. The maximum atomic E-state index is 10.9. The smallest absolute Gasteiger partial charge is 0.154 e. The zero-order valence-electron chi connectivity index (χ0n) is 9.29. The lowest BCUT2D eigenvalue weighted by Gasteiger charge is -2.17. The van der Waals surface area contributed by atoms with Crippen molar-refractivity contribution in [3.63, 3.8) is 0 Å². The topological polar surface area (TPSA) is 34.9 Å². The SMILES string of the molecule is Cc1nn(C)c(SC(C)(C)C)c1C=O. The monoisotopic (exact) mass is 212 g/mol. The summed E-state index contributed by atoms with van der Waals surface area (Å²) in [4.78, 5) is 10.9. The maximum absolute atomic E-state index is 10.9. The second-order valence-electron chi connectivity index (χ2n) is 4.26. The zero-order valence-corrected chi connectivity index (χ0v) is 10.1. The minimum atomic E-state index is 0.0952. The molecule has 1 heterocycles. The van der Waals surface area contributed by atoms with Crippen molar-refractivity contribution in [1.82, 2.24) is 9.78 Å². The van der Waals surface area contributed by atoms with Crippen molar-refractivity contribution in [3.8, 4) is 0 Å². The van der Waals surface area contributed by atoms with E-state index in [4.69, 9.17) is 0 Å². The van der Waals surface area contributed by atoms with Gasteiger partial charge in [0.1, 0.15) is 5.03 Å². The summed E-state index contributed by atoms with van der Waals surface area (Å²) in [5, 5.41) is 5.18. The first-order chi connectivity index (χ1) is 6.35. The lowest BCUT2D eigenvalue weighted by atomic mass is 10.3. The van der Waals surface area contributed by atoms with Crippen molar-refractivity contribution >= 4 is 18.0 Å². The first-order valence-corrected chi connectivity index (χ1v) is 5.34. The molecule has 0 spiro atoms. The molecule has 1 rings (SSSR count). The number of rotatable bonds is 2. The Labute approximate surface area is 88.9 Å². The first-order valence-electron chi connectivity index (χ1n) is 4.53. The van der Waals surface area contributed by atoms with E-state index in [1.165, 1.54) is 0 Å². The summed E-state index contributed by atoms with van der Waals surface area (Å²) in [7, 11) is 1.87. The molecule has 0 aliphatic carbocycles. The van der Waals surface area contributed by atoms with E-state index in [1.807, 2.05) is 14.0 Å². The van der Waals surface area contributed by atoms with E-state index in [9.17, 15) is 4.79 Å². The molecule has 0 N–H and O–H groups in total. The van der Waals surface area contributed by atoms with E-state index < -0.39 is 0 Å². The van der Waals surface area contributed by atoms with Crippen LogP contribution in [-0.2, 0) is 7.05 Å². The third kappa shape index (κ3) is 2.38. The van der Waals surface area contributed by atoms with E-state index >= 15 is 0 Å². The highest BCUT2D eigenvalue weighted by atomic mass is 32.2. The molecule has 0 saturated carbocycles. The van der Waals surface area contributed by atoms with Gasteiger partial charge in [0.2, 0.25) is 0 Å². The standard InChI is InChI=1S/C10H16N2OS/c1-7-8(6-13)9(12(5)11-7)14-10(2,3)4/h6H,1-5H3. The highest BCUT2D eigenvalue weighted by Crippen LogP contribution is 2.34. The summed E-state index contributed by atoms with van der Waals surface area (Å²) in [5.41, 5.74) is 1.52. The molecule has 0 aliphatic heterocycles. The summed E-state index contributed by atoms with van der Waals surface area (Å²) in [6.07, 6.45) is 0.885. The predicted molar refractivity (Wildman–Crippen MR) is 58.9 cm³/mol. The van der Waals surface area contributed by atoms with Gasteiger partial charge in [0.15, 0.2) is 6.29 Å². The zero-order chi connectivity index (χ0) is 10.9. The van der Waals surface area contributed by atoms with E-state index in [0.29, 0.717) is 5.56 Å². The molecule has 0 radical (unpaired) electrons. The fourth-order valence-corrected chi connectivity index (χ4v) is 2.26. The van der Waals surface area contributed by atoms with Crippen LogP contribution in [0.5, 0.6) is 0 Å². The van der Waals surface area contributed by atoms with Gasteiger partial charge in [-0.05, 0) is 6.92 Å². The van der Waals surface area contributed by atoms with Gasteiger partial charge in [-0.2, -0.15) is 5.10 Å². The average molecular weight is 212 g/mol. The van der Waals surface area contributed by atoms with Gasteiger partial charge >= 0.3 is 0 Å². The molecule has 0 bridgehead atoms. The summed E-state index contributed by atoms with van der Waals surface area (Å²) in [6, 6.07) is 0. The van der Waals surface area contributed by atoms with Crippen LogP contribution in [0.15, 0.2) is 5.03 Å². The Bertz CT molecular complexity index is 350. The number of carbonyl (C=O) groups is 1. The van der Waals surface area contributed by atoms with Crippen molar-refractivity contribution in [1.29, 1.82) is 0 Å². The summed E-state index contributed by atoms with van der Waals surface area (Å²) >= 11 is 1.67. The van der Waals surface area contributed by atoms with Crippen LogP contribution in [0, 0.1) is 6.92 Å². The quantitative estimate of drug-likeness (QED) is 0.558. The molecular formula is C10H16N2OS. The summed E-state index contributed by atoms with van der Waals surface area (Å²) < 4.78 is 1.87. The van der Waals surface area contributed by atoms with Gasteiger partial charge in [-0.1, -0.05) is 20.8 Å². The van der Waals surface area contributed by atoms with Gasteiger partial charge in [-0.15, -0.1) is 11.8 Å². The van der Waals surface area contributed by atoms with E-state index in [0.717, 1.165) is 17.0 Å². The lowest BCUT2D eigenvalue weighted by molar-refractivity contribution is 0.112. The Kier molecular flexibility index (Phi) is 3.04. The summed E-state index contributed by atoms with van der Waals surface area (Å²) in [6.45, 7) is 8.22. The van der Waals surface area contributed by atoms with E-state index in [1.54, 1.807) is 16.4 Å². The number of thioether (sulfide) groups is 1.